The van der Waals surface area contributed by atoms with Crippen LogP contribution in [0.3, 0.4) is 0 Å². The third-order valence-corrected chi connectivity index (χ3v) is 5.66. The predicted octanol–water partition coefficient (Wildman–Crippen LogP) is 4.80. The number of rotatable bonds is 4. The van der Waals surface area contributed by atoms with Crippen LogP contribution in [0.25, 0.3) is 10.1 Å². The second-order valence-corrected chi connectivity index (χ2v) is 7.12. The van der Waals surface area contributed by atoms with Crippen LogP contribution in [-0.4, -0.2) is 26.0 Å². The molecule has 134 valence electrons. The molecular weight excluding hydrogens is 372 g/mol. The highest BCUT2D eigenvalue weighted by Crippen LogP contribution is 2.37. The van der Waals surface area contributed by atoms with Crippen LogP contribution in [0.4, 0.5) is 11.4 Å². The molecule has 3 aromatic rings. The van der Waals surface area contributed by atoms with Crippen molar-refractivity contribution in [1.82, 2.24) is 0 Å². The average molecular weight is 389 g/mol. The molecule has 7 heteroatoms. The Labute approximate surface area is 160 Å². The van der Waals surface area contributed by atoms with E-state index in [0.29, 0.717) is 27.0 Å². The smallest absolute Gasteiger partial charge is 0.267 e. The number of nitrogens with one attached hydrogen (secondary N) is 1. The highest BCUT2D eigenvalue weighted by molar-refractivity contribution is 7.21. The summed E-state index contributed by atoms with van der Waals surface area (Å²) in [6, 6.07) is 12.6. The number of fused-ring (bicyclic) bond motifs is 1. The summed E-state index contributed by atoms with van der Waals surface area (Å²) in [6.07, 6.45) is 0. The molecule has 0 aliphatic heterocycles. The lowest BCUT2D eigenvalue weighted by Gasteiger charge is -2.16. The molecule has 1 aromatic heterocycles. The highest BCUT2D eigenvalue weighted by Gasteiger charge is 2.18. The third-order valence-electron chi connectivity index (χ3n) is 4.01. The maximum absolute atomic E-state index is 12.7. The molecule has 0 unspecified atom stereocenters. The van der Waals surface area contributed by atoms with Gasteiger partial charge in [0.1, 0.15) is 10.6 Å². The normalized spacial score (nSPS) is 10.6. The Balaban J connectivity index is 1.89. The van der Waals surface area contributed by atoms with E-state index in [1.54, 1.807) is 38.4 Å². The van der Waals surface area contributed by atoms with Gasteiger partial charge in [0.05, 0.1) is 12.1 Å². The molecule has 0 aliphatic carbocycles. The fourth-order valence-corrected chi connectivity index (χ4v) is 3.92. The van der Waals surface area contributed by atoms with E-state index in [9.17, 15) is 9.59 Å². The Morgan fingerprint density at radius 1 is 1.19 bits per heavy atom. The lowest BCUT2D eigenvalue weighted by Crippen LogP contribution is -2.22. The van der Waals surface area contributed by atoms with Gasteiger partial charge in [0.2, 0.25) is 5.91 Å². The molecule has 2 amide bonds. The molecule has 0 spiro atoms. The number of methoxy groups -OCH3 is 1. The molecule has 0 saturated carbocycles. The first-order valence-corrected chi connectivity index (χ1v) is 9.02. The van der Waals surface area contributed by atoms with E-state index >= 15 is 0 Å². The monoisotopic (exact) mass is 388 g/mol. The zero-order valence-corrected chi connectivity index (χ0v) is 16.1. The van der Waals surface area contributed by atoms with E-state index in [1.807, 2.05) is 18.2 Å². The molecule has 1 heterocycles. The number of hydrogen-bond acceptors (Lipinski definition) is 4. The van der Waals surface area contributed by atoms with Crippen molar-refractivity contribution in [3.05, 3.63) is 52.4 Å². The quantitative estimate of drug-likeness (QED) is 0.698. The van der Waals surface area contributed by atoms with E-state index in [2.05, 4.69) is 5.32 Å². The minimum Gasteiger partial charge on any atom is -0.497 e. The van der Waals surface area contributed by atoms with Crippen LogP contribution in [0, 0.1) is 0 Å². The van der Waals surface area contributed by atoms with Crippen LogP contribution >= 0.6 is 22.9 Å². The number of halogens is 1. The van der Waals surface area contributed by atoms with Crippen molar-refractivity contribution in [3.8, 4) is 5.75 Å². The Morgan fingerprint density at radius 3 is 2.65 bits per heavy atom. The molecule has 0 atom stereocenters. The minimum absolute atomic E-state index is 0.0880. The summed E-state index contributed by atoms with van der Waals surface area (Å²) in [5, 5.41) is 4.07. The summed E-state index contributed by atoms with van der Waals surface area (Å²) in [7, 11) is 3.27. The van der Waals surface area contributed by atoms with Crippen molar-refractivity contribution in [2.75, 3.05) is 24.4 Å². The zero-order chi connectivity index (χ0) is 18.8. The van der Waals surface area contributed by atoms with Crippen molar-refractivity contribution >= 4 is 56.2 Å². The van der Waals surface area contributed by atoms with Gasteiger partial charge in [-0.15, -0.1) is 11.3 Å². The summed E-state index contributed by atoms with van der Waals surface area (Å²) in [5.74, 6) is 0.329. The van der Waals surface area contributed by atoms with Crippen LogP contribution in [0.2, 0.25) is 5.02 Å². The molecule has 0 bridgehead atoms. The van der Waals surface area contributed by atoms with Crippen molar-refractivity contribution in [1.29, 1.82) is 0 Å². The van der Waals surface area contributed by atoms with Crippen molar-refractivity contribution in [2.24, 2.45) is 0 Å². The predicted molar refractivity (Wildman–Crippen MR) is 107 cm³/mol. The number of benzene rings is 2. The molecule has 5 nitrogen and oxygen atoms in total. The van der Waals surface area contributed by atoms with E-state index in [1.165, 1.54) is 23.2 Å². The van der Waals surface area contributed by atoms with Gasteiger partial charge in [-0.1, -0.05) is 17.7 Å². The lowest BCUT2D eigenvalue weighted by molar-refractivity contribution is -0.116. The number of nitrogens with zero attached hydrogens (tertiary/aromatic N) is 1. The van der Waals surface area contributed by atoms with Gasteiger partial charge in [-0.05, 0) is 36.4 Å². The Hall–Kier alpha value is -2.57. The van der Waals surface area contributed by atoms with Crippen LogP contribution in [0.15, 0.2) is 42.5 Å². The molecule has 0 saturated heterocycles. The lowest BCUT2D eigenvalue weighted by atomic mass is 10.2. The van der Waals surface area contributed by atoms with Crippen molar-refractivity contribution in [3.63, 3.8) is 0 Å². The van der Waals surface area contributed by atoms with E-state index < -0.39 is 0 Å². The Morgan fingerprint density at radius 2 is 1.96 bits per heavy atom. The number of thiophene rings is 1. The first-order valence-electron chi connectivity index (χ1n) is 7.82. The zero-order valence-electron chi connectivity index (χ0n) is 14.5. The standard InChI is InChI=1S/C19H17ClN2O3S/c1-11(23)22(2)13-6-4-5-12(9-13)21-19(24)18-17(20)15-8-7-14(25-3)10-16(15)26-18/h4-10H,1-3H3,(H,21,24). The molecule has 2 aromatic carbocycles. The number of ether oxygens (including phenoxy) is 1. The van der Waals surface area contributed by atoms with Gasteiger partial charge in [0.15, 0.2) is 0 Å². The topological polar surface area (TPSA) is 58.6 Å². The Kier molecular flexibility index (Phi) is 5.15. The summed E-state index contributed by atoms with van der Waals surface area (Å²) in [6.45, 7) is 1.48. The SMILES string of the molecule is COc1ccc2c(Cl)c(C(=O)Nc3cccc(N(C)C(C)=O)c3)sc2c1. The summed E-state index contributed by atoms with van der Waals surface area (Å²) in [4.78, 5) is 26.1. The third kappa shape index (κ3) is 3.52. The van der Waals surface area contributed by atoms with E-state index in [-0.39, 0.29) is 11.8 Å². The summed E-state index contributed by atoms with van der Waals surface area (Å²) in [5.41, 5.74) is 1.29. The van der Waals surface area contributed by atoms with Crippen LogP contribution in [-0.2, 0) is 4.79 Å². The average Bonchev–Trinajstić information content (AvgIpc) is 2.97. The van der Waals surface area contributed by atoms with Crippen LogP contribution in [0.1, 0.15) is 16.6 Å². The largest absolute Gasteiger partial charge is 0.497 e. The molecule has 0 fully saturated rings. The second kappa shape index (κ2) is 7.35. The van der Waals surface area contributed by atoms with Gasteiger partial charge in [-0.3, -0.25) is 9.59 Å². The van der Waals surface area contributed by atoms with Crippen molar-refractivity contribution in [2.45, 2.75) is 6.92 Å². The molecular formula is C19H17ClN2O3S. The number of anilines is 2. The molecule has 3 rings (SSSR count). The van der Waals surface area contributed by atoms with Gasteiger partial charge in [0, 0.05) is 35.4 Å². The first-order chi connectivity index (χ1) is 12.4. The molecule has 0 aliphatic rings. The van der Waals surface area contributed by atoms with Gasteiger partial charge < -0.3 is 15.0 Å². The number of carbonyl (C=O) groups is 2. The maximum Gasteiger partial charge on any atom is 0.267 e. The second-order valence-electron chi connectivity index (χ2n) is 5.69. The van der Waals surface area contributed by atoms with E-state index in [0.717, 1.165) is 10.1 Å². The van der Waals surface area contributed by atoms with Crippen LogP contribution in [0.5, 0.6) is 5.75 Å². The summed E-state index contributed by atoms with van der Waals surface area (Å²) >= 11 is 7.70. The van der Waals surface area contributed by atoms with Gasteiger partial charge >= 0.3 is 0 Å². The fraction of sp³-hybridized carbons (Fsp3) is 0.158. The van der Waals surface area contributed by atoms with E-state index in [4.69, 9.17) is 16.3 Å². The molecule has 0 radical (unpaired) electrons. The van der Waals surface area contributed by atoms with Crippen LogP contribution < -0.4 is 15.0 Å². The van der Waals surface area contributed by atoms with Gasteiger partial charge in [-0.2, -0.15) is 0 Å². The maximum atomic E-state index is 12.7. The van der Waals surface area contributed by atoms with Crippen molar-refractivity contribution < 1.29 is 14.3 Å². The highest BCUT2D eigenvalue weighted by atomic mass is 35.5. The number of carbonyl (C=O) groups excluding carboxylic acids is 2. The number of amides is 2. The fourth-order valence-electron chi connectivity index (χ4n) is 2.48. The molecule has 1 N–H and O–H groups in total. The first kappa shape index (κ1) is 18.2. The summed E-state index contributed by atoms with van der Waals surface area (Å²) < 4.78 is 6.09. The Bertz CT molecular complexity index is 1000. The number of hydrogen-bond donors (Lipinski definition) is 1. The van der Waals surface area contributed by atoms with Gasteiger partial charge in [-0.25, -0.2) is 0 Å². The van der Waals surface area contributed by atoms with Gasteiger partial charge in [0.25, 0.3) is 5.91 Å². The minimum atomic E-state index is -0.294. The molecule has 26 heavy (non-hydrogen) atoms.